The van der Waals surface area contributed by atoms with Gasteiger partial charge in [-0.05, 0) is 25.1 Å². The van der Waals surface area contributed by atoms with Crippen molar-refractivity contribution in [3.8, 4) is 5.75 Å². The standard InChI is InChI=1S/C13H15NO4/c1-3-18-13(16)12(15)14-8-7-9-10(14)5-4-6-11(9)17-2/h4-8,12,15H,3H2,1-2H3. The Morgan fingerprint density at radius 2 is 2.22 bits per heavy atom. The summed E-state index contributed by atoms with van der Waals surface area (Å²) in [5.41, 5.74) is 0.718. The van der Waals surface area contributed by atoms with Gasteiger partial charge in [-0.1, -0.05) is 6.07 Å². The lowest BCUT2D eigenvalue weighted by Gasteiger charge is -2.12. The first-order chi connectivity index (χ1) is 8.69. The van der Waals surface area contributed by atoms with Crippen molar-refractivity contribution in [1.82, 2.24) is 4.57 Å². The molecule has 0 fully saturated rings. The number of rotatable bonds is 4. The van der Waals surface area contributed by atoms with Crippen LogP contribution in [0.1, 0.15) is 13.2 Å². The van der Waals surface area contributed by atoms with E-state index in [1.165, 1.54) is 4.57 Å². The summed E-state index contributed by atoms with van der Waals surface area (Å²) in [6.45, 7) is 1.93. The van der Waals surface area contributed by atoms with Crippen LogP contribution in [0, 0.1) is 0 Å². The van der Waals surface area contributed by atoms with E-state index in [1.54, 1.807) is 38.4 Å². The minimum Gasteiger partial charge on any atom is -0.496 e. The molecule has 0 saturated heterocycles. The van der Waals surface area contributed by atoms with Crippen LogP contribution in [0.25, 0.3) is 10.9 Å². The SMILES string of the molecule is CCOC(=O)C(O)n1ccc2c(OC)cccc21. The number of aliphatic hydroxyl groups is 1. The van der Waals surface area contributed by atoms with Crippen LogP contribution in [0.15, 0.2) is 30.5 Å². The molecule has 0 aliphatic heterocycles. The normalized spacial score (nSPS) is 12.4. The first-order valence-corrected chi connectivity index (χ1v) is 5.67. The molecule has 0 amide bonds. The predicted octanol–water partition coefficient (Wildman–Crippen LogP) is 1.70. The lowest BCUT2D eigenvalue weighted by atomic mass is 10.2. The van der Waals surface area contributed by atoms with Gasteiger partial charge in [0.15, 0.2) is 0 Å². The van der Waals surface area contributed by atoms with Crippen LogP contribution in [-0.4, -0.2) is 29.4 Å². The summed E-state index contributed by atoms with van der Waals surface area (Å²) in [5, 5.41) is 10.8. The number of carbonyl (C=O) groups is 1. The van der Waals surface area contributed by atoms with Crippen LogP contribution in [0.5, 0.6) is 5.75 Å². The van der Waals surface area contributed by atoms with E-state index in [0.717, 1.165) is 10.9 Å². The number of aliphatic hydroxyl groups excluding tert-OH is 1. The molecule has 1 N–H and O–H groups in total. The number of aromatic nitrogens is 1. The first kappa shape index (κ1) is 12.4. The summed E-state index contributed by atoms with van der Waals surface area (Å²) in [5.74, 6) is 0.0279. The number of benzene rings is 1. The van der Waals surface area contributed by atoms with E-state index < -0.39 is 12.2 Å². The maximum Gasteiger partial charge on any atom is 0.356 e. The second-order valence-corrected chi connectivity index (χ2v) is 3.74. The van der Waals surface area contributed by atoms with E-state index in [9.17, 15) is 9.90 Å². The fourth-order valence-corrected chi connectivity index (χ4v) is 1.88. The van der Waals surface area contributed by atoms with Gasteiger partial charge in [0.05, 0.1) is 19.2 Å². The summed E-state index contributed by atoms with van der Waals surface area (Å²) >= 11 is 0. The summed E-state index contributed by atoms with van der Waals surface area (Å²) in [7, 11) is 1.58. The van der Waals surface area contributed by atoms with Gasteiger partial charge in [0, 0.05) is 11.6 Å². The van der Waals surface area contributed by atoms with Crippen molar-refractivity contribution in [2.24, 2.45) is 0 Å². The first-order valence-electron chi connectivity index (χ1n) is 5.67. The molecule has 0 aliphatic carbocycles. The number of hydrogen-bond donors (Lipinski definition) is 1. The monoisotopic (exact) mass is 249 g/mol. The van der Waals surface area contributed by atoms with Crippen molar-refractivity contribution in [3.63, 3.8) is 0 Å². The van der Waals surface area contributed by atoms with Gasteiger partial charge < -0.3 is 19.1 Å². The predicted molar refractivity (Wildman–Crippen MR) is 66.4 cm³/mol. The van der Waals surface area contributed by atoms with Crippen molar-refractivity contribution in [1.29, 1.82) is 0 Å². The highest BCUT2D eigenvalue weighted by atomic mass is 16.5. The van der Waals surface area contributed by atoms with Gasteiger partial charge in [0.1, 0.15) is 5.75 Å². The molecule has 5 heteroatoms. The summed E-state index contributed by atoms with van der Waals surface area (Å²) in [6.07, 6.45) is 0.295. The Kier molecular flexibility index (Phi) is 3.53. The smallest absolute Gasteiger partial charge is 0.356 e. The Hall–Kier alpha value is -2.01. The Balaban J connectivity index is 2.43. The molecular formula is C13H15NO4. The van der Waals surface area contributed by atoms with Crippen molar-refractivity contribution in [2.75, 3.05) is 13.7 Å². The van der Waals surface area contributed by atoms with Crippen LogP contribution < -0.4 is 4.74 Å². The second kappa shape index (κ2) is 5.10. The van der Waals surface area contributed by atoms with E-state index >= 15 is 0 Å². The third kappa shape index (κ3) is 2.04. The number of esters is 1. The summed E-state index contributed by atoms with van der Waals surface area (Å²) in [6, 6.07) is 7.22. The van der Waals surface area contributed by atoms with Crippen molar-refractivity contribution in [2.45, 2.75) is 13.2 Å². The Labute approximate surface area is 105 Å². The van der Waals surface area contributed by atoms with Gasteiger partial charge in [-0.25, -0.2) is 4.79 Å². The van der Waals surface area contributed by atoms with Crippen LogP contribution in [-0.2, 0) is 9.53 Å². The summed E-state index contributed by atoms with van der Waals surface area (Å²) < 4.78 is 11.5. The van der Waals surface area contributed by atoms with Crippen molar-refractivity contribution >= 4 is 16.9 Å². The highest BCUT2D eigenvalue weighted by Gasteiger charge is 2.20. The van der Waals surface area contributed by atoms with Crippen molar-refractivity contribution in [3.05, 3.63) is 30.5 Å². The molecule has 0 bridgehead atoms. The van der Waals surface area contributed by atoms with Crippen LogP contribution in [0.2, 0.25) is 0 Å². The van der Waals surface area contributed by atoms with E-state index in [-0.39, 0.29) is 6.61 Å². The number of ether oxygens (including phenoxy) is 2. The van der Waals surface area contributed by atoms with Gasteiger partial charge in [-0.15, -0.1) is 0 Å². The number of nitrogens with zero attached hydrogens (tertiary/aromatic N) is 1. The zero-order valence-corrected chi connectivity index (χ0v) is 10.3. The summed E-state index contributed by atoms with van der Waals surface area (Å²) in [4.78, 5) is 11.5. The molecule has 0 saturated carbocycles. The molecule has 1 aromatic carbocycles. The molecule has 2 rings (SSSR count). The van der Waals surface area contributed by atoms with Gasteiger partial charge >= 0.3 is 5.97 Å². The molecule has 1 aromatic heterocycles. The minimum atomic E-state index is -1.34. The Morgan fingerprint density at radius 1 is 1.44 bits per heavy atom. The van der Waals surface area contributed by atoms with Gasteiger partial charge in [-0.3, -0.25) is 0 Å². The van der Waals surface area contributed by atoms with E-state index in [1.807, 2.05) is 6.07 Å². The Bertz CT molecular complexity index is 561. The molecule has 0 spiro atoms. The topological polar surface area (TPSA) is 60.7 Å². The molecule has 5 nitrogen and oxygen atoms in total. The number of hydrogen-bond acceptors (Lipinski definition) is 4. The van der Waals surface area contributed by atoms with E-state index in [4.69, 9.17) is 9.47 Å². The molecular weight excluding hydrogens is 234 g/mol. The molecule has 0 radical (unpaired) electrons. The molecule has 0 aliphatic rings. The highest BCUT2D eigenvalue weighted by Crippen LogP contribution is 2.28. The zero-order chi connectivity index (χ0) is 13.1. The average molecular weight is 249 g/mol. The fourth-order valence-electron chi connectivity index (χ4n) is 1.88. The largest absolute Gasteiger partial charge is 0.496 e. The quantitative estimate of drug-likeness (QED) is 0.838. The van der Waals surface area contributed by atoms with Gasteiger partial charge in [0.2, 0.25) is 6.23 Å². The number of methoxy groups -OCH3 is 1. The average Bonchev–Trinajstić information content (AvgIpc) is 2.81. The molecule has 1 heterocycles. The van der Waals surface area contributed by atoms with Gasteiger partial charge in [-0.2, -0.15) is 0 Å². The maximum atomic E-state index is 11.5. The maximum absolute atomic E-state index is 11.5. The van der Waals surface area contributed by atoms with Crippen LogP contribution in [0.4, 0.5) is 0 Å². The third-order valence-electron chi connectivity index (χ3n) is 2.70. The lowest BCUT2D eigenvalue weighted by Crippen LogP contribution is -2.20. The third-order valence-corrected chi connectivity index (χ3v) is 2.70. The molecule has 96 valence electrons. The molecule has 1 unspecified atom stereocenters. The number of fused-ring (bicyclic) bond motifs is 1. The van der Waals surface area contributed by atoms with Gasteiger partial charge in [0.25, 0.3) is 0 Å². The van der Waals surface area contributed by atoms with E-state index in [0.29, 0.717) is 5.75 Å². The molecule has 18 heavy (non-hydrogen) atoms. The second-order valence-electron chi connectivity index (χ2n) is 3.74. The van der Waals surface area contributed by atoms with Crippen LogP contribution >= 0.6 is 0 Å². The van der Waals surface area contributed by atoms with Crippen LogP contribution in [0.3, 0.4) is 0 Å². The molecule has 1 atom stereocenters. The fraction of sp³-hybridized carbons (Fsp3) is 0.308. The van der Waals surface area contributed by atoms with E-state index in [2.05, 4.69) is 0 Å². The Morgan fingerprint density at radius 3 is 2.89 bits per heavy atom. The lowest BCUT2D eigenvalue weighted by molar-refractivity contribution is -0.157. The molecule has 2 aromatic rings. The number of carbonyl (C=O) groups excluding carboxylic acids is 1. The minimum absolute atomic E-state index is 0.235. The highest BCUT2D eigenvalue weighted by molar-refractivity contribution is 5.88. The zero-order valence-electron chi connectivity index (χ0n) is 10.3. The van der Waals surface area contributed by atoms with Crippen molar-refractivity contribution < 1.29 is 19.4 Å².